The van der Waals surface area contributed by atoms with Gasteiger partial charge in [0, 0.05) is 71.7 Å². The van der Waals surface area contributed by atoms with E-state index in [1.807, 2.05) is 6.92 Å². The van der Waals surface area contributed by atoms with Crippen molar-refractivity contribution in [2.24, 2.45) is 21.1 Å². The van der Waals surface area contributed by atoms with Crippen LogP contribution in [0.15, 0.2) is 46.2 Å². The SMILES string of the molecule is CCCOc1cc(OCCCOC)cc(Oc2cc3c(cc2NS(=O)(=O)c2cn(C)nc2C)n(C)c(=O)n3C)c1. The zero-order valence-corrected chi connectivity index (χ0v) is 24.4. The third-order valence-corrected chi connectivity index (χ3v) is 7.66. The van der Waals surface area contributed by atoms with Gasteiger partial charge in [-0.3, -0.25) is 18.5 Å². The Labute approximate surface area is 233 Å². The van der Waals surface area contributed by atoms with Gasteiger partial charge in [0.15, 0.2) is 5.75 Å². The second-order valence-electron chi connectivity index (χ2n) is 9.38. The molecule has 4 aromatic rings. The maximum absolute atomic E-state index is 13.4. The first-order chi connectivity index (χ1) is 19.0. The quantitative estimate of drug-likeness (QED) is 0.240. The lowest BCUT2D eigenvalue weighted by Crippen LogP contribution is -2.19. The van der Waals surface area contributed by atoms with E-state index in [4.69, 9.17) is 18.9 Å². The number of methoxy groups -OCH3 is 1. The van der Waals surface area contributed by atoms with E-state index in [-0.39, 0.29) is 22.0 Å². The lowest BCUT2D eigenvalue weighted by Gasteiger charge is -2.16. The van der Waals surface area contributed by atoms with Crippen molar-refractivity contribution >= 4 is 26.7 Å². The van der Waals surface area contributed by atoms with Crippen LogP contribution in [-0.4, -0.2) is 54.3 Å². The Hall–Kier alpha value is -3.97. The topological polar surface area (TPSA) is 128 Å². The molecule has 12 nitrogen and oxygen atoms in total. The first kappa shape index (κ1) is 29.0. The number of rotatable bonds is 13. The Bertz CT molecular complexity index is 1670. The Morgan fingerprint density at radius 1 is 0.900 bits per heavy atom. The fraction of sp³-hybridized carbons (Fsp3) is 0.407. The number of nitrogens with one attached hydrogen (secondary N) is 1. The van der Waals surface area contributed by atoms with Gasteiger partial charge in [-0.05, 0) is 19.4 Å². The molecule has 216 valence electrons. The van der Waals surface area contributed by atoms with Crippen LogP contribution in [0.5, 0.6) is 23.0 Å². The molecule has 13 heteroatoms. The number of fused-ring (bicyclic) bond motifs is 1. The average molecular weight is 574 g/mol. The largest absolute Gasteiger partial charge is 0.493 e. The van der Waals surface area contributed by atoms with Crippen LogP contribution in [0.25, 0.3) is 11.0 Å². The summed E-state index contributed by atoms with van der Waals surface area (Å²) < 4.78 is 56.8. The van der Waals surface area contributed by atoms with E-state index in [1.54, 1.807) is 65.5 Å². The van der Waals surface area contributed by atoms with Crippen LogP contribution in [0.2, 0.25) is 0 Å². The summed E-state index contributed by atoms with van der Waals surface area (Å²) in [6, 6.07) is 8.38. The number of aryl methyl sites for hydroxylation is 4. The van der Waals surface area contributed by atoms with E-state index in [9.17, 15) is 13.2 Å². The first-order valence-corrected chi connectivity index (χ1v) is 14.3. The molecule has 4 rings (SSSR count). The van der Waals surface area contributed by atoms with E-state index in [1.165, 1.54) is 20.0 Å². The smallest absolute Gasteiger partial charge is 0.328 e. The lowest BCUT2D eigenvalue weighted by molar-refractivity contribution is 0.172. The third kappa shape index (κ3) is 6.26. The van der Waals surface area contributed by atoms with Crippen molar-refractivity contribution in [3.8, 4) is 23.0 Å². The van der Waals surface area contributed by atoms with Crippen molar-refractivity contribution in [1.29, 1.82) is 0 Å². The maximum atomic E-state index is 13.4. The van der Waals surface area contributed by atoms with E-state index in [2.05, 4.69) is 9.82 Å². The van der Waals surface area contributed by atoms with Crippen LogP contribution in [0.1, 0.15) is 25.5 Å². The summed E-state index contributed by atoms with van der Waals surface area (Å²) >= 11 is 0. The minimum atomic E-state index is -4.04. The molecule has 0 bridgehead atoms. The number of hydrogen-bond acceptors (Lipinski definition) is 8. The van der Waals surface area contributed by atoms with Crippen molar-refractivity contribution in [2.45, 2.75) is 31.6 Å². The molecule has 0 atom stereocenters. The molecule has 2 heterocycles. The van der Waals surface area contributed by atoms with Crippen molar-refractivity contribution in [3.63, 3.8) is 0 Å². The van der Waals surface area contributed by atoms with Gasteiger partial charge in [-0.2, -0.15) is 5.10 Å². The highest BCUT2D eigenvalue weighted by Crippen LogP contribution is 2.38. The molecule has 2 aromatic carbocycles. The molecule has 40 heavy (non-hydrogen) atoms. The maximum Gasteiger partial charge on any atom is 0.328 e. The van der Waals surface area contributed by atoms with Crippen molar-refractivity contribution < 1.29 is 27.4 Å². The molecule has 0 aliphatic carbocycles. The van der Waals surface area contributed by atoms with Crippen LogP contribution in [-0.2, 0) is 35.9 Å². The number of hydrogen-bond donors (Lipinski definition) is 1. The van der Waals surface area contributed by atoms with Crippen LogP contribution < -0.4 is 24.6 Å². The second-order valence-corrected chi connectivity index (χ2v) is 11.0. The number of aromatic nitrogens is 4. The molecule has 2 aromatic heterocycles. The Balaban J connectivity index is 1.78. The number of sulfonamides is 1. The number of nitrogens with zero attached hydrogens (tertiary/aromatic N) is 4. The van der Waals surface area contributed by atoms with Gasteiger partial charge >= 0.3 is 5.69 Å². The van der Waals surface area contributed by atoms with Crippen LogP contribution >= 0.6 is 0 Å². The van der Waals surface area contributed by atoms with E-state index in [0.717, 1.165) is 6.42 Å². The number of benzene rings is 2. The third-order valence-electron chi connectivity index (χ3n) is 6.19. The molecule has 0 fully saturated rings. The summed E-state index contributed by atoms with van der Waals surface area (Å²) in [4.78, 5) is 12.7. The predicted octanol–water partition coefficient (Wildman–Crippen LogP) is 3.72. The zero-order valence-electron chi connectivity index (χ0n) is 23.6. The normalized spacial score (nSPS) is 11.7. The molecule has 1 N–H and O–H groups in total. The predicted molar refractivity (Wildman–Crippen MR) is 151 cm³/mol. The minimum absolute atomic E-state index is 0.0321. The van der Waals surface area contributed by atoms with Crippen molar-refractivity contribution in [1.82, 2.24) is 18.9 Å². The van der Waals surface area contributed by atoms with Gasteiger partial charge < -0.3 is 18.9 Å². The summed E-state index contributed by atoms with van der Waals surface area (Å²) in [7, 11) is 2.50. The highest BCUT2D eigenvalue weighted by Gasteiger charge is 2.24. The average Bonchev–Trinajstić information content (AvgIpc) is 3.36. The number of anilines is 1. The first-order valence-electron chi connectivity index (χ1n) is 12.8. The second kappa shape index (κ2) is 12.0. The molecular weight excluding hydrogens is 538 g/mol. The molecule has 0 aliphatic heterocycles. The van der Waals surface area contributed by atoms with Gasteiger partial charge in [0.25, 0.3) is 10.0 Å². The fourth-order valence-electron chi connectivity index (χ4n) is 4.24. The fourth-order valence-corrected chi connectivity index (χ4v) is 5.52. The summed E-state index contributed by atoms with van der Waals surface area (Å²) in [6.45, 7) is 5.11. The summed E-state index contributed by atoms with van der Waals surface area (Å²) in [5.41, 5.74) is 1.34. The van der Waals surface area contributed by atoms with Gasteiger partial charge in [-0.25, -0.2) is 13.2 Å². The molecule has 0 saturated heterocycles. The van der Waals surface area contributed by atoms with Gasteiger partial charge in [0.2, 0.25) is 0 Å². The van der Waals surface area contributed by atoms with E-state index < -0.39 is 10.0 Å². The lowest BCUT2D eigenvalue weighted by atomic mass is 10.2. The zero-order chi connectivity index (χ0) is 29.0. The molecule has 0 amide bonds. The monoisotopic (exact) mass is 573 g/mol. The van der Waals surface area contributed by atoms with Gasteiger partial charge in [0.1, 0.15) is 22.1 Å². The Morgan fingerprint density at radius 2 is 1.52 bits per heavy atom. The van der Waals surface area contributed by atoms with Crippen molar-refractivity contribution in [2.75, 3.05) is 31.7 Å². The standard InChI is InChI=1S/C27H35N5O7S/c1-7-9-37-19-12-20(38-11-8-10-36-6)14-21(13-19)39-25-16-24-23(31(4)27(33)32(24)5)15-22(25)29-40(34,35)26-17-30(3)28-18(26)2/h12-17,29H,7-11H2,1-6H3. The number of imidazole rings is 1. The van der Waals surface area contributed by atoms with Gasteiger partial charge in [0.05, 0.1) is 35.6 Å². The highest BCUT2D eigenvalue weighted by atomic mass is 32.2. The molecular formula is C27H35N5O7S. The molecule has 0 saturated carbocycles. The Morgan fingerprint density at radius 3 is 2.12 bits per heavy atom. The van der Waals surface area contributed by atoms with Crippen LogP contribution in [0.3, 0.4) is 0 Å². The van der Waals surface area contributed by atoms with Crippen LogP contribution in [0, 0.1) is 6.92 Å². The Kier molecular flexibility index (Phi) is 8.74. The van der Waals surface area contributed by atoms with Gasteiger partial charge in [-0.1, -0.05) is 6.92 Å². The summed E-state index contributed by atoms with van der Waals surface area (Å²) in [6.07, 6.45) is 2.94. The summed E-state index contributed by atoms with van der Waals surface area (Å²) in [5.74, 6) is 1.63. The molecule has 0 radical (unpaired) electrons. The van der Waals surface area contributed by atoms with Gasteiger partial charge in [-0.15, -0.1) is 0 Å². The van der Waals surface area contributed by atoms with E-state index in [0.29, 0.717) is 60.2 Å². The number of ether oxygens (including phenoxy) is 4. The van der Waals surface area contributed by atoms with Crippen LogP contribution in [0.4, 0.5) is 5.69 Å². The van der Waals surface area contributed by atoms with E-state index >= 15 is 0 Å². The minimum Gasteiger partial charge on any atom is -0.493 e. The molecule has 0 spiro atoms. The molecule has 0 unspecified atom stereocenters. The highest BCUT2D eigenvalue weighted by molar-refractivity contribution is 7.92. The molecule has 0 aliphatic rings. The van der Waals surface area contributed by atoms with Crippen molar-refractivity contribution in [3.05, 3.63) is 52.7 Å². The summed E-state index contributed by atoms with van der Waals surface area (Å²) in [5, 5.41) is 4.15.